The number of carbonyl (C=O) groups is 1. The van der Waals surface area contributed by atoms with Crippen LogP contribution in [0, 0.1) is 0 Å². The fourth-order valence-electron chi connectivity index (χ4n) is 4.19. The summed E-state index contributed by atoms with van der Waals surface area (Å²) >= 11 is 0. The molecule has 5 rings (SSSR count). The Labute approximate surface area is 163 Å². The molecule has 4 aromatic rings. The number of hydrogen-bond donors (Lipinski definition) is 1. The number of imidazole rings is 1. The average molecular weight is 370 g/mol. The van der Waals surface area contributed by atoms with Crippen LogP contribution in [0.3, 0.4) is 0 Å². The van der Waals surface area contributed by atoms with Crippen molar-refractivity contribution in [3.63, 3.8) is 0 Å². The highest BCUT2D eigenvalue weighted by atomic mass is 16.1. The maximum atomic E-state index is 12.7. The van der Waals surface area contributed by atoms with E-state index < -0.39 is 0 Å². The summed E-state index contributed by atoms with van der Waals surface area (Å²) in [7, 11) is 2.01. The van der Waals surface area contributed by atoms with Crippen molar-refractivity contribution >= 4 is 22.5 Å². The molecule has 0 aliphatic carbocycles. The number of aryl methyl sites for hydroxylation is 2. The normalized spacial score (nSPS) is 13.0. The maximum absolute atomic E-state index is 12.7. The fourth-order valence-corrected chi connectivity index (χ4v) is 4.19. The van der Waals surface area contributed by atoms with Gasteiger partial charge in [0.05, 0.1) is 18.3 Å². The molecule has 1 aliphatic rings. The van der Waals surface area contributed by atoms with E-state index in [2.05, 4.69) is 37.6 Å². The molecule has 0 unspecified atom stereocenters. The highest BCUT2D eigenvalue weighted by Crippen LogP contribution is 2.27. The number of rotatable bonds is 4. The number of carbonyl (C=O) groups excluding carboxylic acids is 1. The van der Waals surface area contributed by atoms with Crippen molar-refractivity contribution in [2.24, 2.45) is 7.05 Å². The van der Waals surface area contributed by atoms with E-state index in [-0.39, 0.29) is 5.91 Å². The van der Waals surface area contributed by atoms with E-state index in [4.69, 9.17) is 0 Å². The first-order valence-corrected chi connectivity index (χ1v) is 9.67. The minimum Gasteiger partial charge on any atom is -0.350 e. The zero-order chi connectivity index (χ0) is 19.1. The number of nitrogens with one attached hydrogen (secondary N) is 1. The zero-order valence-corrected chi connectivity index (χ0v) is 15.9. The van der Waals surface area contributed by atoms with Crippen LogP contribution < -0.4 is 5.32 Å². The van der Waals surface area contributed by atoms with Gasteiger partial charge in [0.2, 0.25) is 5.91 Å². The third kappa shape index (κ3) is 2.89. The predicted molar refractivity (Wildman–Crippen MR) is 111 cm³/mol. The molecule has 0 bridgehead atoms. The quantitative estimate of drug-likeness (QED) is 0.586. The smallest absolute Gasteiger partial charge is 0.228 e. The fraction of sp³-hybridized carbons (Fsp3) is 0.217. The predicted octanol–water partition coefficient (Wildman–Crippen LogP) is 4.17. The Morgan fingerprint density at radius 2 is 2.07 bits per heavy atom. The van der Waals surface area contributed by atoms with Crippen LogP contribution in [-0.2, 0) is 31.2 Å². The Hall–Kier alpha value is -3.34. The number of amides is 1. The van der Waals surface area contributed by atoms with Gasteiger partial charge in [0.25, 0.3) is 0 Å². The molecule has 28 heavy (non-hydrogen) atoms. The second-order valence-electron chi connectivity index (χ2n) is 7.40. The molecule has 0 saturated carbocycles. The summed E-state index contributed by atoms with van der Waals surface area (Å²) in [6, 6.07) is 16.2. The van der Waals surface area contributed by atoms with Gasteiger partial charge in [-0.05, 0) is 30.2 Å². The van der Waals surface area contributed by atoms with E-state index in [0.29, 0.717) is 6.42 Å². The summed E-state index contributed by atoms with van der Waals surface area (Å²) in [6.45, 7) is 1.02. The first-order valence-electron chi connectivity index (χ1n) is 9.67. The van der Waals surface area contributed by atoms with E-state index in [9.17, 15) is 4.79 Å². The van der Waals surface area contributed by atoms with Gasteiger partial charge < -0.3 is 14.5 Å². The Morgan fingerprint density at radius 1 is 1.18 bits per heavy atom. The second-order valence-corrected chi connectivity index (χ2v) is 7.40. The molecule has 0 spiro atoms. The Balaban J connectivity index is 1.37. The van der Waals surface area contributed by atoms with Gasteiger partial charge in [-0.15, -0.1) is 0 Å². The highest BCUT2D eigenvalue weighted by molar-refractivity contribution is 5.96. The van der Waals surface area contributed by atoms with E-state index in [1.807, 2.05) is 49.8 Å². The zero-order valence-electron chi connectivity index (χ0n) is 15.9. The average Bonchev–Trinajstić information content (AvgIpc) is 3.38. The molecule has 0 radical (unpaired) electrons. The Morgan fingerprint density at radius 3 is 3.00 bits per heavy atom. The van der Waals surface area contributed by atoms with Crippen molar-refractivity contribution in [3.05, 3.63) is 72.3 Å². The van der Waals surface area contributed by atoms with Gasteiger partial charge in [-0.3, -0.25) is 4.79 Å². The van der Waals surface area contributed by atoms with Gasteiger partial charge in [-0.25, -0.2) is 4.98 Å². The van der Waals surface area contributed by atoms with Crippen LogP contribution in [0.25, 0.3) is 22.2 Å². The molecule has 1 amide bonds. The molecule has 0 atom stereocenters. The number of benzene rings is 2. The van der Waals surface area contributed by atoms with E-state index in [1.54, 1.807) is 0 Å². The lowest BCUT2D eigenvalue weighted by Gasteiger charge is -2.09. The van der Waals surface area contributed by atoms with Crippen LogP contribution in [0.4, 0.5) is 5.69 Å². The topological polar surface area (TPSA) is 51.9 Å². The van der Waals surface area contributed by atoms with Crippen molar-refractivity contribution in [3.8, 4) is 11.3 Å². The largest absolute Gasteiger partial charge is 0.350 e. The molecule has 2 aromatic carbocycles. The van der Waals surface area contributed by atoms with Gasteiger partial charge in [-0.1, -0.05) is 30.3 Å². The lowest BCUT2D eigenvalue weighted by Crippen LogP contribution is -2.14. The minimum absolute atomic E-state index is 0.00739. The molecular weight excluding hydrogens is 348 g/mol. The van der Waals surface area contributed by atoms with Crippen LogP contribution >= 0.6 is 0 Å². The first kappa shape index (κ1) is 16.8. The van der Waals surface area contributed by atoms with E-state index in [0.717, 1.165) is 58.6 Å². The lowest BCUT2D eigenvalue weighted by atomic mass is 10.1. The number of para-hydroxylation sites is 1. The summed E-state index contributed by atoms with van der Waals surface area (Å²) < 4.78 is 4.34. The summed E-state index contributed by atoms with van der Waals surface area (Å²) in [4.78, 5) is 17.2. The molecular formula is C23H22N4O. The van der Waals surface area contributed by atoms with Gasteiger partial charge in [0, 0.05) is 48.4 Å². The van der Waals surface area contributed by atoms with Crippen LogP contribution in [0.5, 0.6) is 0 Å². The Kier molecular flexibility index (Phi) is 4.01. The maximum Gasteiger partial charge on any atom is 0.228 e. The van der Waals surface area contributed by atoms with Gasteiger partial charge in [0.1, 0.15) is 5.82 Å². The SMILES string of the molecule is Cn1cc(CC(=O)Nc2cccc(-c3cnc4n3CCC4)c2)c2ccccc21. The van der Waals surface area contributed by atoms with E-state index >= 15 is 0 Å². The van der Waals surface area contributed by atoms with Gasteiger partial charge in [-0.2, -0.15) is 0 Å². The number of aromatic nitrogens is 3. The molecule has 1 aliphatic heterocycles. The van der Waals surface area contributed by atoms with Crippen molar-refractivity contribution < 1.29 is 4.79 Å². The monoisotopic (exact) mass is 370 g/mol. The molecule has 2 aromatic heterocycles. The van der Waals surface area contributed by atoms with Gasteiger partial charge in [0.15, 0.2) is 0 Å². The van der Waals surface area contributed by atoms with Crippen LogP contribution in [0.2, 0.25) is 0 Å². The number of nitrogens with zero attached hydrogens (tertiary/aromatic N) is 3. The molecule has 5 heteroatoms. The van der Waals surface area contributed by atoms with Crippen molar-refractivity contribution in [2.45, 2.75) is 25.8 Å². The van der Waals surface area contributed by atoms with Crippen LogP contribution in [-0.4, -0.2) is 20.0 Å². The van der Waals surface area contributed by atoms with E-state index in [1.165, 1.54) is 0 Å². The summed E-state index contributed by atoms with van der Waals surface area (Å²) in [5.41, 5.74) is 5.21. The summed E-state index contributed by atoms with van der Waals surface area (Å²) in [5, 5.41) is 4.19. The summed E-state index contributed by atoms with van der Waals surface area (Å²) in [5.74, 6) is 1.15. The third-order valence-electron chi connectivity index (χ3n) is 5.49. The summed E-state index contributed by atoms with van der Waals surface area (Å²) in [6.07, 6.45) is 6.52. The van der Waals surface area contributed by atoms with Gasteiger partial charge >= 0.3 is 0 Å². The second kappa shape index (κ2) is 6.68. The Bertz CT molecular complexity index is 1180. The highest BCUT2D eigenvalue weighted by Gasteiger charge is 2.17. The molecule has 5 nitrogen and oxygen atoms in total. The molecule has 1 N–H and O–H groups in total. The number of hydrogen-bond acceptors (Lipinski definition) is 2. The molecule has 140 valence electrons. The van der Waals surface area contributed by atoms with Crippen molar-refractivity contribution in [1.82, 2.24) is 14.1 Å². The first-order chi connectivity index (χ1) is 13.7. The minimum atomic E-state index is -0.00739. The standard InChI is InChI=1S/C23H22N4O/c1-26-15-17(19-8-2-3-9-20(19)26)13-23(28)25-18-7-4-6-16(12-18)21-14-24-22-10-5-11-27(21)22/h2-4,6-9,12,14-15H,5,10-11,13H2,1H3,(H,25,28). The number of fused-ring (bicyclic) bond motifs is 2. The van der Waals surface area contributed by atoms with Crippen molar-refractivity contribution in [2.75, 3.05) is 5.32 Å². The molecule has 0 fully saturated rings. The van der Waals surface area contributed by atoms with Crippen LogP contribution in [0.15, 0.2) is 60.9 Å². The van der Waals surface area contributed by atoms with Crippen molar-refractivity contribution in [1.29, 1.82) is 0 Å². The lowest BCUT2D eigenvalue weighted by molar-refractivity contribution is -0.115. The third-order valence-corrected chi connectivity index (χ3v) is 5.49. The molecule has 0 saturated heterocycles. The number of anilines is 1. The molecule has 3 heterocycles. The van der Waals surface area contributed by atoms with Crippen LogP contribution in [0.1, 0.15) is 17.8 Å².